The molecule has 0 unspecified atom stereocenters. The smallest absolute Gasteiger partial charge is 0.234 e. The predicted octanol–water partition coefficient (Wildman–Crippen LogP) is 2.11. The highest BCUT2D eigenvalue weighted by Crippen LogP contribution is 2.47. The molecule has 1 aromatic heterocycles. The minimum absolute atomic E-state index is 0.00739. The van der Waals surface area contributed by atoms with E-state index in [9.17, 15) is 9.59 Å². The molecule has 0 bridgehead atoms. The van der Waals surface area contributed by atoms with Crippen molar-refractivity contribution in [3.63, 3.8) is 0 Å². The fourth-order valence-electron chi connectivity index (χ4n) is 6.11. The Morgan fingerprint density at radius 1 is 1.11 bits per heavy atom. The van der Waals surface area contributed by atoms with Gasteiger partial charge in [-0.1, -0.05) is 42.5 Å². The monoisotopic (exact) mass is 474 g/mol. The molecule has 5 rings (SSSR count). The SMILES string of the molecule is CC(=O)N[C@@]12CN(C)CC[C@@H]1[C@@H](c1ccccc1)N(CC(=O)NCCc1nc3ccccc3[nH]1)C2. The van der Waals surface area contributed by atoms with Crippen LogP contribution in [0.2, 0.25) is 0 Å². The second-order valence-corrected chi connectivity index (χ2v) is 10.0. The normalized spacial score (nSPS) is 24.9. The van der Waals surface area contributed by atoms with E-state index in [1.807, 2.05) is 42.5 Å². The van der Waals surface area contributed by atoms with Crippen LogP contribution in [0.1, 0.15) is 30.8 Å². The number of fused-ring (bicyclic) bond motifs is 2. The first kappa shape index (κ1) is 23.5. The van der Waals surface area contributed by atoms with Crippen LogP contribution in [0.15, 0.2) is 54.6 Å². The fraction of sp³-hybridized carbons (Fsp3) is 0.444. The summed E-state index contributed by atoms with van der Waals surface area (Å²) in [5.74, 6) is 1.09. The first-order chi connectivity index (χ1) is 16.9. The topological polar surface area (TPSA) is 93.4 Å². The van der Waals surface area contributed by atoms with E-state index in [1.54, 1.807) is 6.92 Å². The minimum Gasteiger partial charge on any atom is -0.355 e. The third-order valence-electron chi connectivity index (χ3n) is 7.38. The van der Waals surface area contributed by atoms with E-state index in [0.717, 1.165) is 36.4 Å². The number of carbonyl (C=O) groups is 2. The molecule has 2 aliphatic heterocycles. The molecule has 3 atom stereocenters. The molecule has 2 fully saturated rings. The van der Waals surface area contributed by atoms with E-state index >= 15 is 0 Å². The summed E-state index contributed by atoms with van der Waals surface area (Å²) < 4.78 is 0. The number of benzene rings is 2. The lowest BCUT2D eigenvalue weighted by molar-refractivity contribution is -0.122. The van der Waals surface area contributed by atoms with Crippen molar-refractivity contribution < 1.29 is 9.59 Å². The molecule has 0 saturated carbocycles. The van der Waals surface area contributed by atoms with E-state index < -0.39 is 0 Å². The minimum atomic E-state index is -0.367. The average Bonchev–Trinajstić information content (AvgIpc) is 3.36. The Kier molecular flexibility index (Phi) is 6.58. The van der Waals surface area contributed by atoms with E-state index in [1.165, 1.54) is 5.56 Å². The lowest BCUT2D eigenvalue weighted by atomic mass is 9.76. The zero-order chi connectivity index (χ0) is 24.4. The number of carbonyl (C=O) groups excluding carboxylic acids is 2. The third kappa shape index (κ3) is 4.94. The molecule has 3 heterocycles. The molecule has 35 heavy (non-hydrogen) atoms. The van der Waals surface area contributed by atoms with Crippen molar-refractivity contribution in [1.29, 1.82) is 0 Å². The first-order valence-corrected chi connectivity index (χ1v) is 12.4. The van der Waals surface area contributed by atoms with Crippen LogP contribution in [0.5, 0.6) is 0 Å². The zero-order valence-corrected chi connectivity index (χ0v) is 20.5. The molecule has 0 spiro atoms. The zero-order valence-electron chi connectivity index (χ0n) is 20.5. The van der Waals surface area contributed by atoms with Crippen LogP contribution in [-0.2, 0) is 16.0 Å². The highest BCUT2D eigenvalue weighted by molar-refractivity contribution is 5.78. The molecule has 0 aliphatic carbocycles. The van der Waals surface area contributed by atoms with Gasteiger partial charge in [0, 0.05) is 44.9 Å². The number of amides is 2. The number of nitrogens with zero attached hydrogens (tertiary/aromatic N) is 3. The summed E-state index contributed by atoms with van der Waals surface area (Å²) in [5, 5.41) is 6.38. The van der Waals surface area contributed by atoms with Crippen LogP contribution < -0.4 is 10.6 Å². The van der Waals surface area contributed by atoms with E-state index in [-0.39, 0.29) is 29.3 Å². The largest absolute Gasteiger partial charge is 0.355 e. The van der Waals surface area contributed by atoms with Crippen LogP contribution in [0.3, 0.4) is 0 Å². The number of likely N-dealkylation sites (tertiary alicyclic amines) is 2. The van der Waals surface area contributed by atoms with Gasteiger partial charge in [-0.15, -0.1) is 0 Å². The molecule has 3 N–H and O–H groups in total. The van der Waals surface area contributed by atoms with Crippen LogP contribution in [-0.4, -0.2) is 76.9 Å². The second kappa shape index (κ2) is 9.79. The molecular formula is C27H34N6O2. The number of aromatic nitrogens is 2. The van der Waals surface area contributed by atoms with E-state index in [2.05, 4.69) is 49.6 Å². The maximum absolute atomic E-state index is 13.1. The Labute approximate surface area is 206 Å². The van der Waals surface area contributed by atoms with Gasteiger partial charge >= 0.3 is 0 Å². The quantitative estimate of drug-likeness (QED) is 0.488. The summed E-state index contributed by atoms with van der Waals surface area (Å²) in [6.45, 7) is 4.81. The molecule has 3 aromatic rings. The van der Waals surface area contributed by atoms with Crippen LogP contribution in [0, 0.1) is 5.92 Å². The summed E-state index contributed by atoms with van der Waals surface area (Å²) in [5.41, 5.74) is 2.78. The standard InChI is InChI=1S/C27H34N6O2/c1-19(34)31-27-17-32(2)15-13-21(27)26(20-8-4-3-5-9-20)33(18-27)16-25(35)28-14-12-24-29-22-10-6-7-11-23(22)30-24/h3-11,21,26H,12-18H2,1-2H3,(H,28,35)(H,29,30)(H,31,34)/t21-,26-,27-/m1/s1. The lowest BCUT2D eigenvalue weighted by Gasteiger charge is -2.44. The number of hydrogen-bond donors (Lipinski definition) is 3. The number of imidazole rings is 1. The van der Waals surface area contributed by atoms with Crippen molar-refractivity contribution in [1.82, 2.24) is 30.4 Å². The Morgan fingerprint density at radius 3 is 2.66 bits per heavy atom. The summed E-state index contributed by atoms with van der Waals surface area (Å²) in [6.07, 6.45) is 1.62. The van der Waals surface area contributed by atoms with Crippen molar-refractivity contribution in [3.05, 3.63) is 66.0 Å². The van der Waals surface area contributed by atoms with Crippen molar-refractivity contribution in [2.75, 3.05) is 39.8 Å². The van der Waals surface area contributed by atoms with Gasteiger partial charge in [-0.2, -0.15) is 0 Å². The molecule has 2 aromatic carbocycles. The van der Waals surface area contributed by atoms with Crippen LogP contribution >= 0.6 is 0 Å². The summed E-state index contributed by atoms with van der Waals surface area (Å²) in [6, 6.07) is 18.4. The number of para-hydroxylation sites is 2. The van der Waals surface area contributed by atoms with Gasteiger partial charge in [-0.25, -0.2) is 4.98 Å². The van der Waals surface area contributed by atoms with Gasteiger partial charge in [0.15, 0.2) is 0 Å². The molecule has 2 amide bonds. The van der Waals surface area contributed by atoms with Gasteiger partial charge in [0.25, 0.3) is 0 Å². The first-order valence-electron chi connectivity index (χ1n) is 12.4. The number of rotatable bonds is 7. The Bertz CT molecular complexity index is 1160. The molecule has 2 aliphatic rings. The van der Waals surface area contributed by atoms with Gasteiger partial charge in [0.1, 0.15) is 5.82 Å². The number of hydrogen-bond acceptors (Lipinski definition) is 5. The Balaban J connectivity index is 1.29. The third-order valence-corrected chi connectivity index (χ3v) is 7.38. The van der Waals surface area contributed by atoms with Crippen molar-refractivity contribution >= 4 is 22.8 Å². The Hall–Kier alpha value is -3.23. The van der Waals surface area contributed by atoms with Gasteiger partial charge < -0.3 is 20.5 Å². The van der Waals surface area contributed by atoms with Crippen molar-refractivity contribution in [3.8, 4) is 0 Å². The lowest BCUT2D eigenvalue weighted by Crippen LogP contribution is -2.63. The summed E-state index contributed by atoms with van der Waals surface area (Å²) in [7, 11) is 2.10. The molecule has 8 nitrogen and oxygen atoms in total. The number of nitrogens with one attached hydrogen (secondary N) is 3. The summed E-state index contributed by atoms with van der Waals surface area (Å²) in [4.78, 5) is 37.7. The van der Waals surface area contributed by atoms with Gasteiger partial charge in [0.2, 0.25) is 11.8 Å². The average molecular weight is 475 g/mol. The number of H-pyrrole nitrogens is 1. The van der Waals surface area contributed by atoms with E-state index in [4.69, 9.17) is 0 Å². The van der Waals surface area contributed by atoms with E-state index in [0.29, 0.717) is 26.1 Å². The molecule has 184 valence electrons. The number of likely N-dealkylation sites (N-methyl/N-ethyl adjacent to an activating group) is 1. The maximum atomic E-state index is 13.1. The summed E-state index contributed by atoms with van der Waals surface area (Å²) >= 11 is 0. The molecule has 8 heteroatoms. The van der Waals surface area contributed by atoms with Crippen LogP contribution in [0.4, 0.5) is 0 Å². The molecule has 0 radical (unpaired) electrons. The highest BCUT2D eigenvalue weighted by Gasteiger charge is 2.55. The fourth-order valence-corrected chi connectivity index (χ4v) is 6.11. The number of aromatic amines is 1. The second-order valence-electron chi connectivity index (χ2n) is 10.0. The Morgan fingerprint density at radius 2 is 1.89 bits per heavy atom. The van der Waals surface area contributed by atoms with Gasteiger partial charge in [0.05, 0.1) is 23.1 Å². The molecular weight excluding hydrogens is 440 g/mol. The predicted molar refractivity (Wildman–Crippen MR) is 136 cm³/mol. The van der Waals surface area contributed by atoms with Crippen LogP contribution in [0.25, 0.3) is 11.0 Å². The van der Waals surface area contributed by atoms with Gasteiger partial charge in [-0.3, -0.25) is 14.5 Å². The van der Waals surface area contributed by atoms with Gasteiger partial charge in [-0.05, 0) is 37.7 Å². The maximum Gasteiger partial charge on any atom is 0.234 e. The molecule has 2 saturated heterocycles. The van der Waals surface area contributed by atoms with Crippen molar-refractivity contribution in [2.45, 2.75) is 31.3 Å². The van der Waals surface area contributed by atoms with Crippen molar-refractivity contribution in [2.24, 2.45) is 5.92 Å². The highest BCUT2D eigenvalue weighted by atomic mass is 16.2. The number of piperidine rings is 1.